The minimum absolute atomic E-state index is 0.818. The smallest absolute Gasteiger partial charge is 0.0858 e. The van der Waals surface area contributed by atoms with Gasteiger partial charge in [0, 0.05) is 31.2 Å². The van der Waals surface area contributed by atoms with Crippen molar-refractivity contribution in [2.75, 3.05) is 24.3 Å². The minimum atomic E-state index is 0.818. The fourth-order valence-electron chi connectivity index (χ4n) is 1.79. The van der Waals surface area contributed by atoms with Gasteiger partial charge in [-0.25, -0.2) is 0 Å². The van der Waals surface area contributed by atoms with E-state index < -0.39 is 0 Å². The van der Waals surface area contributed by atoms with Crippen molar-refractivity contribution in [3.05, 3.63) is 60.8 Å². The average molecular weight is 280 g/mol. The highest BCUT2D eigenvalue weighted by molar-refractivity contribution is 5.54. The molecule has 2 aromatic rings. The lowest BCUT2D eigenvalue weighted by Gasteiger charge is -2.11. The maximum Gasteiger partial charge on any atom is 0.0858 e. The highest BCUT2D eigenvalue weighted by Crippen LogP contribution is 2.22. The molecule has 21 heavy (non-hydrogen) atoms. The van der Waals surface area contributed by atoms with Crippen molar-refractivity contribution in [3.8, 4) is 0 Å². The van der Waals surface area contributed by atoms with Gasteiger partial charge in [0.1, 0.15) is 0 Å². The van der Waals surface area contributed by atoms with E-state index >= 15 is 0 Å². The Hall–Kier alpha value is -2.62. The van der Waals surface area contributed by atoms with Gasteiger partial charge >= 0.3 is 0 Å². The van der Waals surface area contributed by atoms with Crippen molar-refractivity contribution >= 4 is 22.7 Å². The van der Waals surface area contributed by atoms with Crippen molar-refractivity contribution in [2.45, 2.75) is 6.92 Å². The summed E-state index contributed by atoms with van der Waals surface area (Å²) in [6.45, 7) is 5.73. The van der Waals surface area contributed by atoms with E-state index in [-0.39, 0.29) is 0 Å². The Morgan fingerprint density at radius 1 is 0.905 bits per heavy atom. The Kier molecular flexibility index (Phi) is 4.72. The summed E-state index contributed by atoms with van der Waals surface area (Å²) in [6.07, 6.45) is 0. The third-order valence-corrected chi connectivity index (χ3v) is 2.87. The van der Waals surface area contributed by atoms with Crippen LogP contribution in [0.5, 0.6) is 0 Å². The first-order chi connectivity index (χ1) is 10.0. The van der Waals surface area contributed by atoms with Gasteiger partial charge in [0.15, 0.2) is 0 Å². The monoisotopic (exact) mass is 280 g/mol. The van der Waals surface area contributed by atoms with Gasteiger partial charge in [-0.3, -0.25) is 0 Å². The normalized spacial score (nSPS) is 10.6. The molecular formula is C17H20N4. The first-order valence-corrected chi connectivity index (χ1v) is 6.76. The zero-order valence-electron chi connectivity index (χ0n) is 12.7. The van der Waals surface area contributed by atoms with Crippen LogP contribution in [0.15, 0.2) is 71.0 Å². The number of allylic oxidation sites excluding steroid dienone is 1. The molecule has 2 aromatic carbocycles. The van der Waals surface area contributed by atoms with Crippen molar-refractivity contribution in [1.29, 1.82) is 0 Å². The Morgan fingerprint density at radius 3 is 1.81 bits per heavy atom. The van der Waals surface area contributed by atoms with Gasteiger partial charge < -0.3 is 10.2 Å². The minimum Gasteiger partial charge on any atom is -0.378 e. The van der Waals surface area contributed by atoms with Crippen LogP contribution in [0.2, 0.25) is 0 Å². The van der Waals surface area contributed by atoms with E-state index in [9.17, 15) is 0 Å². The van der Waals surface area contributed by atoms with E-state index in [4.69, 9.17) is 0 Å². The lowest BCUT2D eigenvalue weighted by molar-refractivity contribution is 1.13. The number of nitrogens with one attached hydrogen (secondary N) is 1. The Morgan fingerprint density at radius 2 is 1.38 bits per heavy atom. The van der Waals surface area contributed by atoms with E-state index in [1.165, 1.54) is 0 Å². The maximum atomic E-state index is 4.24. The van der Waals surface area contributed by atoms with Crippen LogP contribution in [0.3, 0.4) is 0 Å². The van der Waals surface area contributed by atoms with Gasteiger partial charge in [-0.15, -0.1) is 0 Å². The standard InChI is InChI=1S/C17H20N4/c1-13(2)18-14-5-7-15(8-6-14)19-20-16-9-11-17(12-10-16)21(3)4/h5-12,18H,1H2,2-4H3. The molecule has 0 heterocycles. The molecule has 0 radical (unpaired) electrons. The summed E-state index contributed by atoms with van der Waals surface area (Å²) >= 11 is 0. The molecule has 0 aliphatic carbocycles. The summed E-state index contributed by atoms with van der Waals surface area (Å²) in [5, 5.41) is 11.6. The van der Waals surface area contributed by atoms with E-state index in [1.807, 2.05) is 74.4 Å². The molecule has 0 aliphatic heterocycles. The Bertz CT molecular complexity index is 625. The molecule has 2 rings (SSSR count). The molecule has 4 heteroatoms. The van der Waals surface area contributed by atoms with Crippen LogP contribution in [-0.2, 0) is 0 Å². The van der Waals surface area contributed by atoms with Crippen LogP contribution >= 0.6 is 0 Å². The zero-order chi connectivity index (χ0) is 15.2. The van der Waals surface area contributed by atoms with E-state index in [2.05, 4.69) is 22.1 Å². The second kappa shape index (κ2) is 6.70. The Labute approximate surface area is 125 Å². The highest BCUT2D eigenvalue weighted by Gasteiger charge is 1.96. The van der Waals surface area contributed by atoms with E-state index in [0.717, 1.165) is 28.4 Å². The average Bonchev–Trinajstić information content (AvgIpc) is 2.46. The Balaban J connectivity index is 2.05. The number of hydrogen-bond acceptors (Lipinski definition) is 4. The highest BCUT2D eigenvalue weighted by atomic mass is 15.1. The predicted molar refractivity (Wildman–Crippen MR) is 89.8 cm³/mol. The predicted octanol–water partition coefficient (Wildman–Crippen LogP) is 5.11. The van der Waals surface area contributed by atoms with Crippen molar-refractivity contribution < 1.29 is 0 Å². The first-order valence-electron chi connectivity index (χ1n) is 6.76. The number of benzene rings is 2. The summed E-state index contributed by atoms with van der Waals surface area (Å²) < 4.78 is 0. The molecule has 108 valence electrons. The quantitative estimate of drug-likeness (QED) is 0.773. The summed E-state index contributed by atoms with van der Waals surface area (Å²) in [7, 11) is 4.02. The van der Waals surface area contributed by atoms with Crippen molar-refractivity contribution in [3.63, 3.8) is 0 Å². The van der Waals surface area contributed by atoms with Crippen LogP contribution in [0.25, 0.3) is 0 Å². The number of nitrogens with zero attached hydrogens (tertiary/aromatic N) is 3. The molecule has 0 atom stereocenters. The molecular weight excluding hydrogens is 260 g/mol. The molecule has 0 saturated carbocycles. The molecule has 0 fully saturated rings. The van der Waals surface area contributed by atoms with E-state index in [1.54, 1.807) is 0 Å². The molecule has 0 saturated heterocycles. The number of hydrogen-bond donors (Lipinski definition) is 1. The van der Waals surface area contributed by atoms with Crippen molar-refractivity contribution in [2.24, 2.45) is 10.2 Å². The molecule has 4 nitrogen and oxygen atoms in total. The fraction of sp³-hybridized carbons (Fsp3) is 0.176. The summed E-state index contributed by atoms with van der Waals surface area (Å²) in [5.41, 5.74) is 4.70. The van der Waals surface area contributed by atoms with Gasteiger partial charge in [0.05, 0.1) is 11.4 Å². The summed E-state index contributed by atoms with van der Waals surface area (Å²) in [6, 6.07) is 15.7. The summed E-state index contributed by atoms with van der Waals surface area (Å²) in [5.74, 6) is 0. The van der Waals surface area contributed by atoms with Gasteiger partial charge in [-0.2, -0.15) is 10.2 Å². The van der Waals surface area contributed by atoms with E-state index in [0.29, 0.717) is 0 Å². The summed E-state index contributed by atoms with van der Waals surface area (Å²) in [4.78, 5) is 2.05. The maximum absolute atomic E-state index is 4.24. The zero-order valence-corrected chi connectivity index (χ0v) is 12.7. The van der Waals surface area contributed by atoms with Crippen LogP contribution in [0, 0.1) is 0 Å². The van der Waals surface area contributed by atoms with Crippen LogP contribution in [0.4, 0.5) is 22.7 Å². The van der Waals surface area contributed by atoms with Gasteiger partial charge in [0.2, 0.25) is 0 Å². The molecule has 0 amide bonds. The van der Waals surface area contributed by atoms with Crippen LogP contribution < -0.4 is 10.2 Å². The molecule has 0 aromatic heterocycles. The largest absolute Gasteiger partial charge is 0.378 e. The number of azo groups is 1. The fourth-order valence-corrected chi connectivity index (χ4v) is 1.79. The van der Waals surface area contributed by atoms with Gasteiger partial charge in [-0.05, 0) is 55.5 Å². The third-order valence-electron chi connectivity index (χ3n) is 2.87. The van der Waals surface area contributed by atoms with Gasteiger partial charge in [-0.1, -0.05) is 6.58 Å². The molecule has 0 unspecified atom stereocenters. The lowest BCUT2D eigenvalue weighted by Crippen LogP contribution is -2.07. The molecule has 0 bridgehead atoms. The second-order valence-corrected chi connectivity index (χ2v) is 5.06. The topological polar surface area (TPSA) is 40.0 Å². The number of anilines is 2. The van der Waals surface area contributed by atoms with Crippen molar-refractivity contribution in [1.82, 2.24) is 0 Å². The number of rotatable bonds is 5. The SMILES string of the molecule is C=C(C)Nc1ccc(N=Nc2ccc(N(C)C)cc2)cc1. The molecule has 0 aliphatic rings. The molecule has 0 spiro atoms. The third kappa shape index (κ3) is 4.45. The first kappa shape index (κ1) is 14.8. The lowest BCUT2D eigenvalue weighted by atomic mass is 10.2. The molecule has 1 N–H and O–H groups in total. The van der Waals surface area contributed by atoms with Gasteiger partial charge in [0.25, 0.3) is 0 Å². The van der Waals surface area contributed by atoms with Crippen LogP contribution in [0.1, 0.15) is 6.92 Å². The second-order valence-electron chi connectivity index (χ2n) is 5.06. The van der Waals surface area contributed by atoms with Crippen LogP contribution in [-0.4, -0.2) is 14.1 Å².